The summed E-state index contributed by atoms with van der Waals surface area (Å²) >= 11 is 0. The van der Waals surface area contributed by atoms with Gasteiger partial charge in [0.05, 0.1) is 5.92 Å². The zero-order valence-electron chi connectivity index (χ0n) is 11.0. The summed E-state index contributed by atoms with van der Waals surface area (Å²) in [4.78, 5) is 24.4. The van der Waals surface area contributed by atoms with Gasteiger partial charge in [0.1, 0.15) is 11.5 Å². The lowest BCUT2D eigenvalue weighted by Crippen LogP contribution is -2.44. The van der Waals surface area contributed by atoms with Gasteiger partial charge in [-0.1, -0.05) is 0 Å². The molecule has 1 saturated heterocycles. The number of carbonyl (C=O) groups is 2. The highest BCUT2D eigenvalue weighted by Gasteiger charge is 2.28. The van der Waals surface area contributed by atoms with E-state index in [1.165, 1.54) is 17.0 Å². The first-order valence-corrected chi connectivity index (χ1v) is 6.48. The third-order valence-electron chi connectivity index (χ3n) is 3.32. The van der Waals surface area contributed by atoms with Crippen LogP contribution in [0, 0.1) is 5.92 Å². The minimum absolute atomic E-state index is 0.128. The van der Waals surface area contributed by atoms with Gasteiger partial charge >= 0.3 is 5.97 Å². The number of carboxylic acids is 1. The highest BCUT2D eigenvalue weighted by atomic mass is 16.5. The Bertz CT molecular complexity index is 485. The van der Waals surface area contributed by atoms with Gasteiger partial charge in [-0.05, 0) is 37.1 Å². The predicted molar refractivity (Wildman–Crippen MR) is 70.5 cm³/mol. The highest BCUT2D eigenvalue weighted by molar-refractivity contribution is 5.79. The number of phenols is 1. The second-order valence-corrected chi connectivity index (χ2v) is 4.80. The topological polar surface area (TPSA) is 87.1 Å². The van der Waals surface area contributed by atoms with Crippen molar-refractivity contribution in [2.24, 2.45) is 5.92 Å². The summed E-state index contributed by atoms with van der Waals surface area (Å²) < 4.78 is 5.32. The molecule has 1 amide bonds. The van der Waals surface area contributed by atoms with Crippen molar-refractivity contribution in [3.05, 3.63) is 24.3 Å². The number of hydrogen-bond acceptors (Lipinski definition) is 4. The van der Waals surface area contributed by atoms with Crippen LogP contribution in [0.15, 0.2) is 24.3 Å². The van der Waals surface area contributed by atoms with Crippen LogP contribution in [0.2, 0.25) is 0 Å². The van der Waals surface area contributed by atoms with E-state index < -0.39 is 11.9 Å². The monoisotopic (exact) mass is 279 g/mol. The summed E-state index contributed by atoms with van der Waals surface area (Å²) in [5, 5.41) is 18.1. The Kier molecular flexibility index (Phi) is 4.45. The van der Waals surface area contributed by atoms with Crippen molar-refractivity contribution in [2.75, 3.05) is 19.7 Å². The van der Waals surface area contributed by atoms with Crippen molar-refractivity contribution in [3.8, 4) is 11.5 Å². The number of phenolic OH excluding ortho intramolecular Hbond substituents is 1. The molecule has 1 atom stereocenters. The number of benzene rings is 1. The first-order chi connectivity index (χ1) is 9.56. The lowest BCUT2D eigenvalue weighted by molar-refractivity contribution is -0.146. The summed E-state index contributed by atoms with van der Waals surface area (Å²) in [7, 11) is 0. The first kappa shape index (κ1) is 14.2. The molecule has 1 fully saturated rings. The molecule has 0 saturated carbocycles. The number of rotatable bonds is 4. The van der Waals surface area contributed by atoms with Gasteiger partial charge in [0.2, 0.25) is 0 Å². The summed E-state index contributed by atoms with van der Waals surface area (Å²) in [6.07, 6.45) is 1.31. The van der Waals surface area contributed by atoms with Crippen molar-refractivity contribution in [3.63, 3.8) is 0 Å². The van der Waals surface area contributed by atoms with Gasteiger partial charge in [0.15, 0.2) is 6.61 Å². The Morgan fingerprint density at radius 1 is 1.30 bits per heavy atom. The maximum atomic E-state index is 12.0. The zero-order chi connectivity index (χ0) is 14.5. The third-order valence-corrected chi connectivity index (χ3v) is 3.32. The van der Waals surface area contributed by atoms with Crippen molar-refractivity contribution in [1.82, 2.24) is 4.90 Å². The maximum Gasteiger partial charge on any atom is 0.308 e. The number of aromatic hydroxyl groups is 1. The maximum absolute atomic E-state index is 12.0. The quantitative estimate of drug-likeness (QED) is 0.861. The lowest BCUT2D eigenvalue weighted by atomic mass is 9.98. The molecule has 0 aromatic heterocycles. The van der Waals surface area contributed by atoms with Gasteiger partial charge < -0.3 is 19.8 Å². The minimum Gasteiger partial charge on any atom is -0.508 e. The van der Waals surface area contributed by atoms with Gasteiger partial charge in [-0.3, -0.25) is 9.59 Å². The molecule has 1 unspecified atom stereocenters. The number of nitrogens with zero attached hydrogens (tertiary/aromatic N) is 1. The largest absolute Gasteiger partial charge is 0.508 e. The number of aliphatic carboxylic acids is 1. The third kappa shape index (κ3) is 3.63. The molecule has 20 heavy (non-hydrogen) atoms. The van der Waals surface area contributed by atoms with Gasteiger partial charge in [-0.15, -0.1) is 0 Å². The molecular formula is C14H17NO5. The fourth-order valence-corrected chi connectivity index (χ4v) is 2.18. The number of likely N-dealkylation sites (tertiary alicyclic amines) is 1. The highest BCUT2D eigenvalue weighted by Crippen LogP contribution is 2.18. The fourth-order valence-electron chi connectivity index (χ4n) is 2.18. The Labute approximate surface area is 116 Å². The molecule has 1 aliphatic rings. The molecule has 6 nitrogen and oxygen atoms in total. The molecule has 1 heterocycles. The molecule has 6 heteroatoms. The number of hydrogen-bond donors (Lipinski definition) is 2. The van der Waals surface area contributed by atoms with E-state index >= 15 is 0 Å². The van der Waals surface area contributed by atoms with Crippen molar-refractivity contribution >= 4 is 11.9 Å². The Morgan fingerprint density at radius 3 is 2.65 bits per heavy atom. The van der Waals surface area contributed by atoms with Crippen LogP contribution in [0.5, 0.6) is 11.5 Å². The molecule has 108 valence electrons. The molecule has 0 aliphatic carbocycles. The molecular weight excluding hydrogens is 262 g/mol. The summed E-state index contributed by atoms with van der Waals surface area (Å²) in [5.41, 5.74) is 0. The number of amides is 1. The van der Waals surface area contributed by atoms with E-state index in [-0.39, 0.29) is 24.8 Å². The molecule has 1 aliphatic heterocycles. The van der Waals surface area contributed by atoms with Crippen molar-refractivity contribution < 1.29 is 24.5 Å². The van der Waals surface area contributed by atoms with Crippen LogP contribution in [0.4, 0.5) is 0 Å². The molecule has 1 aromatic carbocycles. The average Bonchev–Trinajstić information content (AvgIpc) is 2.46. The zero-order valence-corrected chi connectivity index (χ0v) is 11.0. The SMILES string of the molecule is O=C(O)C1CCCN(C(=O)COc2ccc(O)cc2)C1. The normalized spacial score (nSPS) is 18.6. The van der Waals surface area contributed by atoms with Crippen LogP contribution in [0.1, 0.15) is 12.8 Å². The molecule has 1 aromatic rings. The van der Waals surface area contributed by atoms with E-state index in [0.717, 1.165) is 0 Å². The Balaban J connectivity index is 1.85. The fraction of sp³-hybridized carbons (Fsp3) is 0.429. The van der Waals surface area contributed by atoms with E-state index in [2.05, 4.69) is 0 Å². The summed E-state index contributed by atoms with van der Waals surface area (Å²) in [6.45, 7) is 0.686. The Hall–Kier alpha value is -2.24. The van der Waals surface area contributed by atoms with Crippen LogP contribution >= 0.6 is 0 Å². The van der Waals surface area contributed by atoms with Gasteiger partial charge in [0.25, 0.3) is 5.91 Å². The van der Waals surface area contributed by atoms with Gasteiger partial charge in [-0.2, -0.15) is 0 Å². The smallest absolute Gasteiger partial charge is 0.308 e. The van der Waals surface area contributed by atoms with Crippen LogP contribution < -0.4 is 4.74 Å². The van der Waals surface area contributed by atoms with E-state index in [9.17, 15) is 9.59 Å². The second kappa shape index (κ2) is 6.27. The summed E-state index contributed by atoms with van der Waals surface area (Å²) in [6, 6.07) is 6.08. The van der Waals surface area contributed by atoms with E-state index in [4.69, 9.17) is 14.9 Å². The molecule has 2 N–H and O–H groups in total. The van der Waals surface area contributed by atoms with Crippen LogP contribution in [0.25, 0.3) is 0 Å². The van der Waals surface area contributed by atoms with Crippen LogP contribution in [0.3, 0.4) is 0 Å². The minimum atomic E-state index is -0.859. The Morgan fingerprint density at radius 2 is 2.00 bits per heavy atom. The molecule has 0 bridgehead atoms. The second-order valence-electron chi connectivity index (χ2n) is 4.80. The van der Waals surface area contributed by atoms with Crippen LogP contribution in [-0.4, -0.2) is 46.7 Å². The lowest BCUT2D eigenvalue weighted by Gasteiger charge is -2.30. The van der Waals surface area contributed by atoms with Crippen LogP contribution in [-0.2, 0) is 9.59 Å². The first-order valence-electron chi connectivity index (χ1n) is 6.48. The van der Waals surface area contributed by atoms with E-state index in [1.54, 1.807) is 12.1 Å². The molecule has 0 radical (unpaired) electrons. The molecule has 0 spiro atoms. The number of ether oxygens (including phenoxy) is 1. The van der Waals surface area contributed by atoms with Crippen molar-refractivity contribution in [2.45, 2.75) is 12.8 Å². The van der Waals surface area contributed by atoms with Crippen molar-refractivity contribution in [1.29, 1.82) is 0 Å². The average molecular weight is 279 g/mol. The predicted octanol–water partition coefficient (Wildman–Crippen LogP) is 1.09. The van der Waals surface area contributed by atoms with Gasteiger partial charge in [-0.25, -0.2) is 0 Å². The molecule has 2 rings (SSSR count). The standard InChI is InChI=1S/C14H17NO5/c16-11-3-5-12(6-4-11)20-9-13(17)15-7-1-2-10(8-15)14(18)19/h3-6,10,16H,1-2,7-9H2,(H,18,19). The van der Waals surface area contributed by atoms with E-state index in [0.29, 0.717) is 25.1 Å². The summed E-state index contributed by atoms with van der Waals surface area (Å²) in [5.74, 6) is -0.945. The number of carboxylic acid groups (broad SMARTS) is 1. The number of piperidine rings is 1. The number of carbonyl (C=O) groups excluding carboxylic acids is 1. The van der Waals surface area contributed by atoms with Gasteiger partial charge in [0, 0.05) is 13.1 Å². The van der Waals surface area contributed by atoms with E-state index in [1.807, 2.05) is 0 Å².